The van der Waals surface area contributed by atoms with Crippen LogP contribution in [0.5, 0.6) is 0 Å². The fraction of sp³-hybridized carbons (Fsp3) is 0. The molecule has 16 nitrogen and oxygen atoms in total. The van der Waals surface area contributed by atoms with Crippen molar-refractivity contribution in [3.8, 4) is 0 Å². The number of nitrogens with one attached hydrogen (secondary N) is 7. The summed E-state index contributed by atoms with van der Waals surface area (Å²) >= 11 is 0. The van der Waals surface area contributed by atoms with Gasteiger partial charge in [-0.25, -0.2) is 39.9 Å². The van der Waals surface area contributed by atoms with Gasteiger partial charge in [-0.1, -0.05) is 18.2 Å². The minimum absolute atomic E-state index is 0.716. The van der Waals surface area contributed by atoms with Crippen LogP contribution in [0.15, 0.2) is 434 Å². The summed E-state index contributed by atoms with van der Waals surface area (Å²) in [5, 5.41) is 24.4. The Hall–Kier alpha value is -15.7. The first-order chi connectivity index (χ1) is 55.1. The van der Waals surface area contributed by atoms with Crippen LogP contribution < -0.4 is 43.0 Å². The smallest absolute Gasteiger partial charge is 0.0638 e. The third-order valence-electron chi connectivity index (χ3n) is 17.9. The topological polar surface area (TPSA) is 209 Å². The second kappa shape index (κ2) is 34.3. The van der Waals surface area contributed by atoms with Gasteiger partial charge in [0.2, 0.25) is 0 Å². The molecule has 16 heteroatoms. The number of allylic oxidation sites excluding steroid dienone is 16. The molecule has 538 valence electrons. The van der Waals surface area contributed by atoms with E-state index in [4.69, 9.17) is 40.7 Å². The molecule has 0 aromatic heterocycles. The average molecular weight is 1450 g/mol. The normalized spacial score (nSPS) is 13.1. The van der Waals surface area contributed by atoms with E-state index in [-0.39, 0.29) is 0 Å². The van der Waals surface area contributed by atoms with Gasteiger partial charge in [0.05, 0.1) is 91.2 Å². The molecule has 0 amide bonds. The predicted octanol–water partition coefficient (Wildman–Crippen LogP) is 25.4. The molecule has 0 heterocycles. The molecule has 16 rings (SSSR count). The van der Waals surface area contributed by atoms with E-state index in [1.54, 1.807) is 0 Å². The average Bonchev–Trinajstić information content (AvgIpc) is 0.752. The number of hydrogen-bond donors (Lipinski definition) is 8. The van der Waals surface area contributed by atoms with Crippen LogP contribution in [0.3, 0.4) is 0 Å². The summed E-state index contributed by atoms with van der Waals surface area (Å²) in [5.74, 6) is 0. The van der Waals surface area contributed by atoms with Crippen molar-refractivity contribution in [1.29, 1.82) is 0 Å². The van der Waals surface area contributed by atoms with Crippen LogP contribution in [0.25, 0.3) is 0 Å². The van der Waals surface area contributed by atoms with Crippen molar-refractivity contribution in [3.63, 3.8) is 0 Å². The molecule has 12 aromatic carbocycles. The zero-order valence-corrected chi connectivity index (χ0v) is 60.7. The van der Waals surface area contributed by atoms with Gasteiger partial charge in [-0.05, 0) is 376 Å². The maximum atomic E-state index is 5.80. The van der Waals surface area contributed by atoms with Crippen LogP contribution in [0.2, 0.25) is 0 Å². The Morgan fingerprint density at radius 1 is 0.134 bits per heavy atom. The standard InChI is InChI=1S/C96H74N16/c97-66-6-8-68(9-7-66)99-70-14-16-72(17-15-70)101-74-22-24-76(25-23-74)103-78-30-32-80(33-31-78)105-82-38-40-84(41-39-82)107-86-46-48-88(49-47-86)109-90-54-56-92(57-55-90)111-94-62-64-96(65-63-94)112-95-60-58-93(59-61-95)110-91-52-50-89(51-53-91)108-87-44-42-85(43-45-87)106-83-36-34-81(35-37-83)104-79-28-26-77(27-29-79)102-75-20-18-73(19-21-75)100-71-12-10-69(11-13-71)98-67-4-2-1-3-5-67/h1-65,98,103-106,111-112H,97H2. The summed E-state index contributed by atoms with van der Waals surface area (Å²) in [6.07, 6.45) is 31.7. The van der Waals surface area contributed by atoms with Crippen molar-refractivity contribution in [2.24, 2.45) is 39.9 Å². The van der Waals surface area contributed by atoms with E-state index in [1.165, 1.54) is 0 Å². The van der Waals surface area contributed by atoms with Crippen LogP contribution in [-0.4, -0.2) is 45.7 Å². The monoisotopic (exact) mass is 1450 g/mol. The highest BCUT2D eigenvalue weighted by molar-refractivity contribution is 6.22. The van der Waals surface area contributed by atoms with E-state index in [1.807, 2.05) is 322 Å². The summed E-state index contributed by atoms with van der Waals surface area (Å²) < 4.78 is 0. The number of nitrogen functional groups attached to an aromatic ring is 1. The van der Waals surface area contributed by atoms with Crippen molar-refractivity contribution < 1.29 is 0 Å². The lowest BCUT2D eigenvalue weighted by molar-refractivity contribution is 1.47. The molecule has 0 radical (unpaired) electrons. The van der Waals surface area contributed by atoms with Crippen LogP contribution >= 0.6 is 0 Å². The van der Waals surface area contributed by atoms with Gasteiger partial charge in [0, 0.05) is 85.3 Å². The third-order valence-corrected chi connectivity index (χ3v) is 17.9. The van der Waals surface area contributed by atoms with Gasteiger partial charge in [-0.3, -0.25) is 0 Å². The molecule has 0 atom stereocenters. The first-order valence-electron chi connectivity index (χ1n) is 36.6. The summed E-state index contributed by atoms with van der Waals surface area (Å²) in [7, 11) is 0. The predicted molar refractivity (Wildman–Crippen MR) is 475 cm³/mol. The summed E-state index contributed by atoms with van der Waals surface area (Å²) in [6.45, 7) is 0. The first-order valence-corrected chi connectivity index (χ1v) is 36.6. The molecule has 0 bridgehead atoms. The largest absolute Gasteiger partial charge is 0.399 e. The van der Waals surface area contributed by atoms with Gasteiger partial charge in [-0.15, -0.1) is 0 Å². The third kappa shape index (κ3) is 20.1. The zero-order valence-electron chi connectivity index (χ0n) is 60.7. The Kier molecular flexibility index (Phi) is 21.6. The van der Waals surface area contributed by atoms with Crippen LogP contribution in [0, 0.1) is 0 Å². The van der Waals surface area contributed by atoms with Crippen molar-refractivity contribution in [2.45, 2.75) is 0 Å². The second-order valence-corrected chi connectivity index (χ2v) is 26.4. The van der Waals surface area contributed by atoms with E-state index in [2.05, 4.69) is 115 Å². The molecule has 9 N–H and O–H groups in total. The lowest BCUT2D eigenvalue weighted by Gasteiger charge is -2.10. The molecular formula is C96H74N16. The Balaban J connectivity index is 0.431. The number of aliphatic imine (C=N–C) groups is 8. The molecule has 0 fully saturated rings. The Labute approximate surface area is 650 Å². The van der Waals surface area contributed by atoms with Crippen molar-refractivity contribution in [2.75, 3.05) is 43.0 Å². The summed E-state index contributed by atoms with van der Waals surface area (Å²) in [5.41, 5.74) is 33.9. The molecule has 0 saturated carbocycles. The lowest BCUT2D eigenvalue weighted by Crippen LogP contribution is -1.99. The van der Waals surface area contributed by atoms with Crippen LogP contribution in [0.1, 0.15) is 0 Å². The minimum Gasteiger partial charge on any atom is -0.399 e. The number of benzene rings is 12. The molecule has 4 aliphatic carbocycles. The molecule has 0 aliphatic heterocycles. The van der Waals surface area contributed by atoms with Gasteiger partial charge >= 0.3 is 0 Å². The van der Waals surface area contributed by atoms with E-state index >= 15 is 0 Å². The van der Waals surface area contributed by atoms with Crippen LogP contribution in [0.4, 0.5) is 131 Å². The highest BCUT2D eigenvalue weighted by atomic mass is 14.9. The molecule has 112 heavy (non-hydrogen) atoms. The fourth-order valence-electron chi connectivity index (χ4n) is 12.1. The fourth-order valence-corrected chi connectivity index (χ4v) is 12.1. The van der Waals surface area contributed by atoms with E-state index in [0.717, 1.165) is 171 Å². The van der Waals surface area contributed by atoms with Crippen molar-refractivity contribution in [1.82, 2.24) is 0 Å². The highest BCUT2D eigenvalue weighted by Crippen LogP contribution is 2.32. The van der Waals surface area contributed by atoms with Crippen molar-refractivity contribution in [3.05, 3.63) is 394 Å². The highest BCUT2D eigenvalue weighted by Gasteiger charge is 2.10. The van der Waals surface area contributed by atoms with Crippen LogP contribution in [-0.2, 0) is 0 Å². The zero-order chi connectivity index (χ0) is 75.5. The molecule has 12 aromatic rings. The van der Waals surface area contributed by atoms with E-state index in [0.29, 0.717) is 5.69 Å². The van der Waals surface area contributed by atoms with Gasteiger partial charge in [0.25, 0.3) is 0 Å². The van der Waals surface area contributed by atoms with E-state index < -0.39 is 0 Å². The number of nitrogens with zero attached hydrogens (tertiary/aromatic N) is 8. The maximum absolute atomic E-state index is 5.80. The Morgan fingerprint density at radius 3 is 0.393 bits per heavy atom. The minimum atomic E-state index is 0.716. The SMILES string of the molecule is Nc1ccc(N=C2C=CC(=Nc3ccc(Nc4ccc(Nc5ccc(N=C6C=CC(=Nc7ccc(Nc8ccc(Nc9ccc(N=C%10C=CC(=Nc%11ccc(Nc%12ccc(Nc%13ccc(N=C%14C=CC(=Nc%15ccc(Nc%16ccccc%16)cc%15)C=C%14)cc%13)cc%12)cc%11)C=C%10)cc9)cc8)cc7)C=C6)cc5)cc4)cc3)C=C2)cc1. The van der Waals surface area contributed by atoms with Gasteiger partial charge in [-0.2, -0.15) is 0 Å². The Bertz CT molecular complexity index is 5790. The van der Waals surface area contributed by atoms with Gasteiger partial charge < -0.3 is 43.0 Å². The molecular weight excluding hydrogens is 1380 g/mol. The number of anilines is 15. The molecule has 0 spiro atoms. The molecule has 4 aliphatic rings. The van der Waals surface area contributed by atoms with Gasteiger partial charge in [0.1, 0.15) is 0 Å². The number of para-hydroxylation sites is 1. The maximum Gasteiger partial charge on any atom is 0.0638 e. The first kappa shape index (κ1) is 70.6. The molecule has 0 unspecified atom stereocenters. The van der Waals surface area contributed by atoms with Crippen molar-refractivity contribution >= 4 is 177 Å². The second-order valence-electron chi connectivity index (χ2n) is 26.4. The molecule has 0 saturated heterocycles. The summed E-state index contributed by atoms with van der Waals surface area (Å²) in [4.78, 5) is 38.4. The Morgan fingerprint density at radius 2 is 0.250 bits per heavy atom. The van der Waals surface area contributed by atoms with Gasteiger partial charge in [0.15, 0.2) is 0 Å². The number of nitrogens with two attached hydrogens (primary N) is 1. The summed E-state index contributed by atoms with van der Waals surface area (Å²) in [6, 6.07) is 98.8. The quantitative estimate of drug-likeness (QED) is 0.0241. The number of hydrogen-bond acceptors (Lipinski definition) is 16. The number of rotatable bonds is 22. The van der Waals surface area contributed by atoms with E-state index in [9.17, 15) is 0 Å². The lowest BCUT2D eigenvalue weighted by atomic mass is 10.1.